The molecule has 0 bridgehead atoms. The predicted molar refractivity (Wildman–Crippen MR) is 70.7 cm³/mol. The van der Waals surface area contributed by atoms with Crippen LogP contribution in [-0.4, -0.2) is 9.88 Å². The molecule has 0 saturated heterocycles. The van der Waals surface area contributed by atoms with E-state index in [1.165, 1.54) is 16.0 Å². The standard InChI is InChI=1S/C13H15N3S/c1-9-15-5-11(17-9)7-16-6-10-3-2-4-13(14)12(10)8-16/h2-5H,6-8,14H2,1H3. The molecule has 2 aromatic rings. The topological polar surface area (TPSA) is 42.2 Å². The molecule has 0 fully saturated rings. The van der Waals surface area contributed by atoms with Gasteiger partial charge >= 0.3 is 0 Å². The molecule has 4 heteroatoms. The zero-order valence-electron chi connectivity index (χ0n) is 9.81. The lowest BCUT2D eigenvalue weighted by atomic mass is 10.1. The van der Waals surface area contributed by atoms with Crippen LogP contribution in [0.2, 0.25) is 0 Å². The van der Waals surface area contributed by atoms with Crippen LogP contribution in [0.1, 0.15) is 21.0 Å². The van der Waals surface area contributed by atoms with Gasteiger partial charge < -0.3 is 5.73 Å². The fraction of sp³-hybridized carbons (Fsp3) is 0.308. The molecule has 88 valence electrons. The number of fused-ring (bicyclic) bond motifs is 1. The molecule has 0 aliphatic carbocycles. The van der Waals surface area contributed by atoms with Gasteiger partial charge in [0.2, 0.25) is 0 Å². The minimum Gasteiger partial charge on any atom is -0.398 e. The van der Waals surface area contributed by atoms with Crippen LogP contribution in [0.3, 0.4) is 0 Å². The first-order chi connectivity index (χ1) is 8.22. The van der Waals surface area contributed by atoms with Gasteiger partial charge in [0, 0.05) is 36.4 Å². The fourth-order valence-electron chi connectivity index (χ4n) is 2.33. The second-order valence-corrected chi connectivity index (χ2v) is 5.79. The molecule has 1 aromatic carbocycles. The summed E-state index contributed by atoms with van der Waals surface area (Å²) in [7, 11) is 0. The summed E-state index contributed by atoms with van der Waals surface area (Å²) in [5.41, 5.74) is 9.58. The maximum atomic E-state index is 6.00. The van der Waals surface area contributed by atoms with Crippen molar-refractivity contribution in [3.8, 4) is 0 Å². The lowest BCUT2D eigenvalue weighted by Crippen LogP contribution is -2.14. The number of hydrogen-bond acceptors (Lipinski definition) is 4. The summed E-state index contributed by atoms with van der Waals surface area (Å²) in [5, 5.41) is 1.14. The van der Waals surface area contributed by atoms with Crippen LogP contribution >= 0.6 is 11.3 Å². The smallest absolute Gasteiger partial charge is 0.0897 e. The van der Waals surface area contributed by atoms with Gasteiger partial charge in [0.15, 0.2) is 0 Å². The normalized spacial score (nSPS) is 15.1. The lowest BCUT2D eigenvalue weighted by Gasteiger charge is -2.12. The van der Waals surface area contributed by atoms with E-state index in [9.17, 15) is 0 Å². The van der Waals surface area contributed by atoms with Crippen molar-refractivity contribution >= 4 is 17.0 Å². The molecule has 0 spiro atoms. The Labute approximate surface area is 105 Å². The largest absolute Gasteiger partial charge is 0.398 e. The highest BCUT2D eigenvalue weighted by atomic mass is 32.1. The number of nitrogen functional groups attached to an aromatic ring is 1. The van der Waals surface area contributed by atoms with E-state index < -0.39 is 0 Å². The maximum Gasteiger partial charge on any atom is 0.0897 e. The van der Waals surface area contributed by atoms with Crippen LogP contribution in [0.15, 0.2) is 24.4 Å². The Morgan fingerprint density at radius 2 is 2.29 bits per heavy atom. The summed E-state index contributed by atoms with van der Waals surface area (Å²) in [6.45, 7) is 4.97. The number of benzene rings is 1. The van der Waals surface area contributed by atoms with Crippen molar-refractivity contribution in [2.24, 2.45) is 0 Å². The third kappa shape index (κ3) is 2.06. The quantitative estimate of drug-likeness (QED) is 0.827. The number of rotatable bonds is 2. The van der Waals surface area contributed by atoms with Crippen LogP contribution in [0, 0.1) is 6.92 Å². The highest BCUT2D eigenvalue weighted by molar-refractivity contribution is 7.11. The fourth-order valence-corrected chi connectivity index (χ4v) is 3.16. The number of thiazole rings is 1. The molecule has 0 atom stereocenters. The molecular formula is C13H15N3S. The Morgan fingerprint density at radius 1 is 1.41 bits per heavy atom. The average Bonchev–Trinajstić information content (AvgIpc) is 2.86. The molecule has 3 nitrogen and oxygen atoms in total. The lowest BCUT2D eigenvalue weighted by molar-refractivity contribution is 0.278. The van der Waals surface area contributed by atoms with Gasteiger partial charge in [0.1, 0.15) is 0 Å². The van der Waals surface area contributed by atoms with Crippen LogP contribution < -0.4 is 5.73 Å². The molecule has 0 amide bonds. The molecule has 1 aliphatic heterocycles. The number of aryl methyl sites for hydroxylation is 1. The molecule has 2 heterocycles. The van der Waals surface area contributed by atoms with E-state index >= 15 is 0 Å². The summed E-state index contributed by atoms with van der Waals surface area (Å²) in [4.78, 5) is 8.03. The van der Waals surface area contributed by atoms with Crippen molar-refractivity contribution in [1.82, 2.24) is 9.88 Å². The molecule has 2 N–H and O–H groups in total. The first-order valence-corrected chi connectivity index (χ1v) is 6.54. The van der Waals surface area contributed by atoms with Crippen LogP contribution in [0.5, 0.6) is 0 Å². The number of anilines is 1. The number of hydrogen-bond donors (Lipinski definition) is 1. The molecule has 3 rings (SSSR count). The second-order valence-electron chi connectivity index (χ2n) is 4.48. The Kier molecular flexibility index (Phi) is 2.61. The zero-order valence-corrected chi connectivity index (χ0v) is 10.6. The number of aromatic nitrogens is 1. The summed E-state index contributed by atoms with van der Waals surface area (Å²) >= 11 is 1.77. The van der Waals surface area contributed by atoms with Crippen molar-refractivity contribution in [2.45, 2.75) is 26.6 Å². The van der Waals surface area contributed by atoms with E-state index in [1.807, 2.05) is 25.3 Å². The van der Waals surface area contributed by atoms with Crippen molar-refractivity contribution in [3.05, 3.63) is 45.4 Å². The summed E-state index contributed by atoms with van der Waals surface area (Å²) in [5.74, 6) is 0. The van der Waals surface area contributed by atoms with Crippen molar-refractivity contribution in [3.63, 3.8) is 0 Å². The van der Waals surface area contributed by atoms with Gasteiger partial charge in [0.05, 0.1) is 5.01 Å². The molecule has 1 aromatic heterocycles. The summed E-state index contributed by atoms with van der Waals surface area (Å²) in [6.07, 6.45) is 1.98. The van der Waals surface area contributed by atoms with Crippen LogP contribution in [-0.2, 0) is 19.6 Å². The summed E-state index contributed by atoms with van der Waals surface area (Å²) in [6, 6.07) is 6.19. The minimum absolute atomic E-state index is 0.922. The predicted octanol–water partition coefficient (Wildman–Crippen LogP) is 2.55. The highest BCUT2D eigenvalue weighted by Gasteiger charge is 2.20. The third-order valence-electron chi connectivity index (χ3n) is 3.13. The van der Waals surface area contributed by atoms with Crippen molar-refractivity contribution < 1.29 is 0 Å². The van der Waals surface area contributed by atoms with Gasteiger partial charge in [0.25, 0.3) is 0 Å². The SMILES string of the molecule is Cc1ncc(CN2Cc3cccc(N)c3C2)s1. The average molecular weight is 245 g/mol. The van der Waals surface area contributed by atoms with Gasteiger partial charge in [-0.2, -0.15) is 0 Å². The van der Waals surface area contributed by atoms with Crippen molar-refractivity contribution in [1.29, 1.82) is 0 Å². The second kappa shape index (κ2) is 4.13. The Hall–Kier alpha value is -1.39. The van der Waals surface area contributed by atoms with Gasteiger partial charge in [-0.25, -0.2) is 4.98 Å². The Morgan fingerprint density at radius 3 is 3.00 bits per heavy atom. The van der Waals surface area contributed by atoms with E-state index in [2.05, 4.69) is 16.0 Å². The monoisotopic (exact) mass is 245 g/mol. The first-order valence-electron chi connectivity index (χ1n) is 5.72. The minimum atomic E-state index is 0.922. The first kappa shape index (κ1) is 10.7. The van der Waals surface area contributed by atoms with Gasteiger partial charge in [-0.1, -0.05) is 12.1 Å². The molecule has 0 radical (unpaired) electrons. The van der Waals surface area contributed by atoms with E-state index in [1.54, 1.807) is 11.3 Å². The van der Waals surface area contributed by atoms with Crippen LogP contribution in [0.4, 0.5) is 5.69 Å². The molecule has 0 saturated carbocycles. The number of nitrogens with zero attached hydrogens (tertiary/aromatic N) is 2. The van der Waals surface area contributed by atoms with Gasteiger partial charge in [-0.15, -0.1) is 11.3 Å². The van der Waals surface area contributed by atoms with Crippen molar-refractivity contribution in [2.75, 3.05) is 5.73 Å². The van der Waals surface area contributed by atoms with E-state index in [-0.39, 0.29) is 0 Å². The zero-order chi connectivity index (χ0) is 11.8. The molecule has 1 aliphatic rings. The summed E-state index contributed by atoms with van der Waals surface area (Å²) < 4.78 is 0. The van der Waals surface area contributed by atoms with E-state index in [4.69, 9.17) is 5.73 Å². The van der Waals surface area contributed by atoms with Gasteiger partial charge in [-0.05, 0) is 24.1 Å². The van der Waals surface area contributed by atoms with Gasteiger partial charge in [-0.3, -0.25) is 4.90 Å². The highest BCUT2D eigenvalue weighted by Crippen LogP contribution is 2.29. The molecular weight excluding hydrogens is 230 g/mol. The molecule has 0 unspecified atom stereocenters. The van der Waals surface area contributed by atoms with Crippen LogP contribution in [0.25, 0.3) is 0 Å². The number of nitrogens with two attached hydrogens (primary N) is 1. The molecule has 17 heavy (non-hydrogen) atoms. The Balaban J connectivity index is 1.76. The third-order valence-corrected chi connectivity index (χ3v) is 4.03. The Bertz CT molecular complexity index is 547. The van der Waals surface area contributed by atoms with E-state index in [0.717, 1.165) is 30.3 Å². The van der Waals surface area contributed by atoms with E-state index in [0.29, 0.717) is 0 Å². The maximum absolute atomic E-state index is 6.00.